The molecule has 0 unspecified atom stereocenters. The number of benzene rings is 1. The first kappa shape index (κ1) is 18.7. The molecular weight excluding hydrogens is 329 g/mol. The number of urea groups is 1. The SMILES string of the molecule is O=C(NCCNC(=O)c1ccccc1F)NC1CCC(C(=O)O)CC1. The Balaban J connectivity index is 1.62. The molecule has 1 saturated carbocycles. The standard InChI is InChI=1S/C17H22FN3O4/c18-14-4-2-1-3-13(14)15(22)19-9-10-20-17(25)21-12-7-5-11(6-8-12)16(23)24/h1-4,11-12H,5-10H2,(H,19,22)(H,23,24)(H2,20,21,25). The second kappa shape index (κ2) is 9.00. The van der Waals surface area contributed by atoms with Gasteiger partial charge in [-0.3, -0.25) is 9.59 Å². The molecule has 0 aromatic heterocycles. The Morgan fingerprint density at radius 2 is 1.68 bits per heavy atom. The maximum atomic E-state index is 13.4. The van der Waals surface area contributed by atoms with Crippen molar-refractivity contribution in [3.05, 3.63) is 35.6 Å². The summed E-state index contributed by atoms with van der Waals surface area (Å²) in [5.41, 5.74) is -0.0397. The molecule has 0 saturated heterocycles. The molecule has 0 bridgehead atoms. The zero-order valence-electron chi connectivity index (χ0n) is 13.8. The average molecular weight is 351 g/mol. The van der Waals surface area contributed by atoms with Gasteiger partial charge in [0.25, 0.3) is 5.91 Å². The van der Waals surface area contributed by atoms with E-state index in [9.17, 15) is 18.8 Å². The molecule has 3 amide bonds. The van der Waals surface area contributed by atoms with Crippen molar-refractivity contribution in [3.63, 3.8) is 0 Å². The lowest BCUT2D eigenvalue weighted by molar-refractivity contribution is -0.142. The highest BCUT2D eigenvalue weighted by atomic mass is 19.1. The number of halogens is 1. The molecule has 1 aromatic rings. The number of carbonyl (C=O) groups is 3. The van der Waals surface area contributed by atoms with Gasteiger partial charge in [0, 0.05) is 19.1 Å². The van der Waals surface area contributed by atoms with Crippen LogP contribution in [-0.4, -0.2) is 42.1 Å². The summed E-state index contributed by atoms with van der Waals surface area (Å²) in [6.07, 6.45) is 2.38. The van der Waals surface area contributed by atoms with E-state index in [1.165, 1.54) is 18.2 Å². The summed E-state index contributed by atoms with van der Waals surface area (Å²) in [6.45, 7) is 0.378. The molecule has 4 N–H and O–H groups in total. The number of hydrogen-bond donors (Lipinski definition) is 4. The van der Waals surface area contributed by atoms with E-state index in [1.54, 1.807) is 6.07 Å². The van der Waals surface area contributed by atoms with E-state index in [2.05, 4.69) is 16.0 Å². The van der Waals surface area contributed by atoms with Crippen molar-refractivity contribution in [1.82, 2.24) is 16.0 Å². The second-order valence-electron chi connectivity index (χ2n) is 6.02. The van der Waals surface area contributed by atoms with Gasteiger partial charge in [0.05, 0.1) is 11.5 Å². The molecule has 136 valence electrons. The van der Waals surface area contributed by atoms with E-state index in [4.69, 9.17) is 5.11 Å². The van der Waals surface area contributed by atoms with Crippen LogP contribution in [0.25, 0.3) is 0 Å². The monoisotopic (exact) mass is 351 g/mol. The minimum Gasteiger partial charge on any atom is -0.481 e. The number of carboxylic acids is 1. The third-order valence-electron chi connectivity index (χ3n) is 4.23. The van der Waals surface area contributed by atoms with Crippen LogP contribution in [0.3, 0.4) is 0 Å². The highest BCUT2D eigenvalue weighted by Gasteiger charge is 2.26. The molecule has 25 heavy (non-hydrogen) atoms. The molecule has 0 atom stereocenters. The number of aliphatic carboxylic acids is 1. The van der Waals surface area contributed by atoms with E-state index >= 15 is 0 Å². The van der Waals surface area contributed by atoms with Crippen molar-refractivity contribution in [2.75, 3.05) is 13.1 Å². The van der Waals surface area contributed by atoms with Gasteiger partial charge in [-0.1, -0.05) is 12.1 Å². The molecule has 0 spiro atoms. The van der Waals surface area contributed by atoms with E-state index in [1.807, 2.05) is 0 Å². The number of carbonyl (C=O) groups excluding carboxylic acids is 2. The maximum absolute atomic E-state index is 13.4. The van der Waals surface area contributed by atoms with Crippen LogP contribution in [0.4, 0.5) is 9.18 Å². The Hall–Kier alpha value is -2.64. The Labute approximate surface area is 145 Å². The largest absolute Gasteiger partial charge is 0.481 e. The normalized spacial score (nSPS) is 19.7. The number of hydrogen-bond acceptors (Lipinski definition) is 3. The molecular formula is C17H22FN3O4. The lowest BCUT2D eigenvalue weighted by Gasteiger charge is -2.26. The molecule has 7 nitrogen and oxygen atoms in total. The van der Waals surface area contributed by atoms with Gasteiger partial charge < -0.3 is 21.1 Å². The molecule has 8 heteroatoms. The summed E-state index contributed by atoms with van der Waals surface area (Å²) >= 11 is 0. The first-order valence-corrected chi connectivity index (χ1v) is 8.27. The molecule has 1 aliphatic carbocycles. The zero-order chi connectivity index (χ0) is 18.2. The summed E-state index contributed by atoms with van der Waals surface area (Å²) < 4.78 is 13.4. The van der Waals surface area contributed by atoms with Crippen molar-refractivity contribution in [3.8, 4) is 0 Å². The second-order valence-corrected chi connectivity index (χ2v) is 6.02. The number of rotatable bonds is 6. The van der Waals surface area contributed by atoms with Gasteiger partial charge in [-0.15, -0.1) is 0 Å². The van der Waals surface area contributed by atoms with Gasteiger partial charge in [0.1, 0.15) is 5.82 Å². The Bertz CT molecular complexity index is 630. The number of nitrogens with one attached hydrogen (secondary N) is 3. The summed E-state index contributed by atoms with van der Waals surface area (Å²) in [4.78, 5) is 34.4. The van der Waals surface area contributed by atoms with Crippen molar-refractivity contribution < 1.29 is 23.9 Å². The van der Waals surface area contributed by atoms with Gasteiger partial charge in [0.2, 0.25) is 0 Å². The third kappa shape index (κ3) is 5.74. The van der Waals surface area contributed by atoms with Crippen LogP contribution < -0.4 is 16.0 Å². The van der Waals surface area contributed by atoms with Gasteiger partial charge in [0.15, 0.2) is 0 Å². The van der Waals surface area contributed by atoms with Crippen LogP contribution in [0.15, 0.2) is 24.3 Å². The van der Waals surface area contributed by atoms with Crippen LogP contribution in [-0.2, 0) is 4.79 Å². The minimum atomic E-state index is -0.784. The summed E-state index contributed by atoms with van der Waals surface area (Å²) in [7, 11) is 0. The molecule has 1 aliphatic rings. The van der Waals surface area contributed by atoms with E-state index in [0.717, 1.165) is 0 Å². The lowest BCUT2D eigenvalue weighted by Crippen LogP contribution is -2.46. The fraction of sp³-hybridized carbons (Fsp3) is 0.471. The predicted octanol–water partition coefficient (Wildman–Crippen LogP) is 1.50. The van der Waals surface area contributed by atoms with Gasteiger partial charge in [-0.05, 0) is 37.8 Å². The summed E-state index contributed by atoms with van der Waals surface area (Å²) in [6, 6.07) is 5.27. The summed E-state index contributed by atoms with van der Waals surface area (Å²) in [5, 5.41) is 16.9. The predicted molar refractivity (Wildman–Crippen MR) is 88.6 cm³/mol. The van der Waals surface area contributed by atoms with Gasteiger partial charge >= 0.3 is 12.0 Å². The fourth-order valence-corrected chi connectivity index (χ4v) is 2.81. The van der Waals surface area contributed by atoms with Gasteiger partial charge in [-0.2, -0.15) is 0 Å². The number of amides is 3. The summed E-state index contributed by atoms with van der Waals surface area (Å²) in [5.74, 6) is -2.24. The first-order chi connectivity index (χ1) is 12.0. The molecule has 0 heterocycles. The van der Waals surface area contributed by atoms with Crippen molar-refractivity contribution in [2.24, 2.45) is 5.92 Å². The quantitative estimate of drug-likeness (QED) is 0.583. The Kier molecular flexibility index (Phi) is 6.73. The molecule has 0 aliphatic heterocycles. The topological polar surface area (TPSA) is 108 Å². The Morgan fingerprint density at radius 3 is 2.32 bits per heavy atom. The zero-order valence-corrected chi connectivity index (χ0v) is 13.8. The third-order valence-corrected chi connectivity index (χ3v) is 4.23. The highest BCUT2D eigenvalue weighted by molar-refractivity contribution is 5.94. The fourth-order valence-electron chi connectivity index (χ4n) is 2.81. The van der Waals surface area contributed by atoms with E-state index in [0.29, 0.717) is 25.7 Å². The van der Waals surface area contributed by atoms with Crippen molar-refractivity contribution in [2.45, 2.75) is 31.7 Å². The average Bonchev–Trinajstić information content (AvgIpc) is 2.59. The minimum absolute atomic E-state index is 0.0383. The lowest BCUT2D eigenvalue weighted by atomic mass is 9.86. The molecule has 1 aromatic carbocycles. The van der Waals surface area contributed by atoms with Crippen LogP contribution in [0, 0.1) is 11.7 Å². The van der Waals surface area contributed by atoms with Crippen LogP contribution in [0.2, 0.25) is 0 Å². The smallest absolute Gasteiger partial charge is 0.315 e. The maximum Gasteiger partial charge on any atom is 0.315 e. The van der Waals surface area contributed by atoms with Crippen LogP contribution in [0.1, 0.15) is 36.0 Å². The van der Waals surface area contributed by atoms with E-state index in [-0.39, 0.29) is 36.6 Å². The molecule has 2 rings (SSSR count). The van der Waals surface area contributed by atoms with E-state index < -0.39 is 17.7 Å². The van der Waals surface area contributed by atoms with Crippen molar-refractivity contribution >= 4 is 17.9 Å². The highest BCUT2D eigenvalue weighted by Crippen LogP contribution is 2.24. The molecule has 1 fully saturated rings. The first-order valence-electron chi connectivity index (χ1n) is 8.27. The molecule has 0 radical (unpaired) electrons. The van der Waals surface area contributed by atoms with Crippen molar-refractivity contribution in [1.29, 1.82) is 0 Å². The van der Waals surface area contributed by atoms with Crippen LogP contribution >= 0.6 is 0 Å². The Morgan fingerprint density at radius 1 is 1.04 bits per heavy atom. The van der Waals surface area contributed by atoms with Crippen LogP contribution in [0.5, 0.6) is 0 Å². The number of carboxylic acid groups (broad SMARTS) is 1. The van der Waals surface area contributed by atoms with Gasteiger partial charge in [-0.25, -0.2) is 9.18 Å².